The monoisotopic (exact) mass is 285 g/mol. The van der Waals surface area contributed by atoms with Gasteiger partial charge in [-0.1, -0.05) is 24.3 Å². The average Bonchev–Trinajstić information content (AvgIpc) is 2.87. The summed E-state index contributed by atoms with van der Waals surface area (Å²) in [6.45, 7) is 1.86. The summed E-state index contributed by atoms with van der Waals surface area (Å²) in [5, 5.41) is 3.65. The lowest BCUT2D eigenvalue weighted by Crippen LogP contribution is -2.11. The van der Waals surface area contributed by atoms with E-state index in [1.807, 2.05) is 37.3 Å². The molecule has 1 N–H and O–H groups in total. The van der Waals surface area contributed by atoms with Gasteiger partial charge in [-0.15, -0.1) is 11.3 Å². The Morgan fingerprint density at radius 1 is 1.15 bits per heavy atom. The molecule has 3 aromatic rings. The highest BCUT2D eigenvalue weighted by molar-refractivity contribution is 7.20. The van der Waals surface area contributed by atoms with Crippen LogP contribution in [0.2, 0.25) is 0 Å². The number of anilines is 1. The summed E-state index contributed by atoms with van der Waals surface area (Å²) >= 11 is 1.40. The number of hydrogen-bond acceptors (Lipinski definition) is 2. The number of hydrogen-bond donors (Lipinski definition) is 1. The van der Waals surface area contributed by atoms with Crippen molar-refractivity contribution in [2.24, 2.45) is 0 Å². The van der Waals surface area contributed by atoms with Crippen LogP contribution in [0.1, 0.15) is 15.2 Å². The maximum Gasteiger partial charge on any atom is 0.265 e. The number of nitrogens with one attached hydrogen (secondary N) is 1. The third-order valence-electron chi connectivity index (χ3n) is 3.02. The van der Waals surface area contributed by atoms with E-state index in [0.717, 1.165) is 15.6 Å². The molecule has 0 radical (unpaired) electrons. The van der Waals surface area contributed by atoms with Gasteiger partial charge in [0, 0.05) is 4.70 Å². The van der Waals surface area contributed by atoms with E-state index in [9.17, 15) is 9.18 Å². The quantitative estimate of drug-likeness (QED) is 0.732. The van der Waals surface area contributed by atoms with Gasteiger partial charge in [0.2, 0.25) is 0 Å². The standard InChI is InChI=1S/C16H12FNOS/c1-10-6-7-12(17)13(8-10)18-16(19)15-9-11-4-2-3-5-14(11)20-15/h2-9H,1H3,(H,18,19). The van der Waals surface area contributed by atoms with E-state index in [4.69, 9.17) is 0 Å². The number of rotatable bonds is 2. The smallest absolute Gasteiger partial charge is 0.265 e. The molecule has 0 saturated carbocycles. The molecule has 1 amide bonds. The van der Waals surface area contributed by atoms with E-state index in [1.165, 1.54) is 17.4 Å². The Kier molecular flexibility index (Phi) is 3.24. The summed E-state index contributed by atoms with van der Waals surface area (Å²) in [7, 11) is 0. The van der Waals surface area contributed by atoms with Crippen LogP contribution >= 0.6 is 11.3 Å². The minimum atomic E-state index is -0.426. The van der Waals surface area contributed by atoms with E-state index in [-0.39, 0.29) is 11.6 Å². The number of amides is 1. The Balaban J connectivity index is 1.90. The molecule has 0 saturated heterocycles. The van der Waals surface area contributed by atoms with Crippen LogP contribution in [0.3, 0.4) is 0 Å². The molecule has 1 aromatic heterocycles. The van der Waals surface area contributed by atoms with Crippen LogP contribution in [0.4, 0.5) is 10.1 Å². The van der Waals surface area contributed by atoms with Crippen molar-refractivity contribution in [3.8, 4) is 0 Å². The molecule has 0 aliphatic heterocycles. The van der Waals surface area contributed by atoms with Gasteiger partial charge in [-0.3, -0.25) is 4.79 Å². The molecule has 2 aromatic carbocycles. The Morgan fingerprint density at radius 3 is 2.75 bits per heavy atom. The lowest BCUT2D eigenvalue weighted by atomic mass is 10.2. The third kappa shape index (κ3) is 2.42. The zero-order valence-electron chi connectivity index (χ0n) is 10.8. The minimum absolute atomic E-state index is 0.215. The van der Waals surface area contributed by atoms with Gasteiger partial charge in [0.15, 0.2) is 0 Å². The second-order valence-electron chi connectivity index (χ2n) is 4.59. The zero-order valence-corrected chi connectivity index (χ0v) is 11.6. The lowest BCUT2D eigenvalue weighted by Gasteiger charge is -2.05. The topological polar surface area (TPSA) is 29.1 Å². The van der Waals surface area contributed by atoms with Gasteiger partial charge in [0.1, 0.15) is 5.82 Å². The van der Waals surface area contributed by atoms with Crippen molar-refractivity contribution in [2.75, 3.05) is 5.32 Å². The van der Waals surface area contributed by atoms with E-state index in [2.05, 4.69) is 5.32 Å². The number of aryl methyl sites for hydroxylation is 1. The second kappa shape index (κ2) is 5.06. The molecule has 0 aliphatic carbocycles. The van der Waals surface area contributed by atoms with Crippen molar-refractivity contribution >= 4 is 33.0 Å². The summed E-state index contributed by atoms with van der Waals surface area (Å²) in [5.74, 6) is -0.708. The number of carbonyl (C=O) groups excluding carboxylic acids is 1. The SMILES string of the molecule is Cc1ccc(F)c(NC(=O)c2cc3ccccc3s2)c1. The molecule has 0 atom stereocenters. The van der Waals surface area contributed by atoms with Crippen LogP contribution in [0, 0.1) is 12.7 Å². The molecule has 4 heteroatoms. The summed E-state index contributed by atoms with van der Waals surface area (Å²) < 4.78 is 14.7. The van der Waals surface area contributed by atoms with Crippen LogP contribution in [0.5, 0.6) is 0 Å². The van der Waals surface area contributed by atoms with E-state index < -0.39 is 5.82 Å². The molecule has 1 heterocycles. The van der Waals surface area contributed by atoms with Crippen LogP contribution < -0.4 is 5.32 Å². The van der Waals surface area contributed by atoms with Crippen molar-refractivity contribution < 1.29 is 9.18 Å². The van der Waals surface area contributed by atoms with E-state index >= 15 is 0 Å². The zero-order chi connectivity index (χ0) is 14.1. The molecule has 100 valence electrons. The maximum atomic E-state index is 13.6. The Hall–Kier alpha value is -2.20. The second-order valence-corrected chi connectivity index (χ2v) is 5.67. The first-order chi connectivity index (χ1) is 9.63. The molecule has 0 fully saturated rings. The molecule has 20 heavy (non-hydrogen) atoms. The van der Waals surface area contributed by atoms with Crippen LogP contribution in [0.15, 0.2) is 48.5 Å². The van der Waals surface area contributed by atoms with Gasteiger partial charge in [0.25, 0.3) is 5.91 Å². The average molecular weight is 285 g/mol. The molecule has 0 spiro atoms. The number of thiophene rings is 1. The molecule has 2 nitrogen and oxygen atoms in total. The Bertz CT molecular complexity index is 761. The largest absolute Gasteiger partial charge is 0.319 e. The third-order valence-corrected chi connectivity index (χ3v) is 4.13. The number of carbonyl (C=O) groups is 1. The van der Waals surface area contributed by atoms with Crippen molar-refractivity contribution in [3.63, 3.8) is 0 Å². The van der Waals surface area contributed by atoms with Gasteiger partial charge in [-0.2, -0.15) is 0 Å². The fourth-order valence-electron chi connectivity index (χ4n) is 2.01. The molecular weight excluding hydrogens is 273 g/mol. The minimum Gasteiger partial charge on any atom is -0.319 e. The van der Waals surface area contributed by atoms with Crippen molar-refractivity contribution in [1.29, 1.82) is 0 Å². The van der Waals surface area contributed by atoms with Gasteiger partial charge in [-0.25, -0.2) is 4.39 Å². The first-order valence-electron chi connectivity index (χ1n) is 6.19. The van der Waals surface area contributed by atoms with E-state index in [0.29, 0.717) is 4.88 Å². The summed E-state index contributed by atoms with van der Waals surface area (Å²) in [6.07, 6.45) is 0. The molecule has 0 unspecified atom stereocenters. The van der Waals surface area contributed by atoms with Crippen LogP contribution in [-0.2, 0) is 0 Å². The van der Waals surface area contributed by atoms with Crippen molar-refractivity contribution in [3.05, 3.63) is 64.8 Å². The van der Waals surface area contributed by atoms with Gasteiger partial charge >= 0.3 is 0 Å². The Morgan fingerprint density at radius 2 is 1.95 bits per heavy atom. The predicted octanol–water partition coefficient (Wildman–Crippen LogP) is 4.60. The van der Waals surface area contributed by atoms with Gasteiger partial charge in [-0.05, 0) is 42.1 Å². The normalized spacial score (nSPS) is 10.7. The molecule has 0 bridgehead atoms. The van der Waals surface area contributed by atoms with Gasteiger partial charge < -0.3 is 5.32 Å². The molecule has 3 rings (SSSR count). The number of fused-ring (bicyclic) bond motifs is 1. The summed E-state index contributed by atoms with van der Waals surface area (Å²) in [4.78, 5) is 12.8. The highest BCUT2D eigenvalue weighted by Gasteiger charge is 2.12. The Labute approximate surface area is 119 Å². The highest BCUT2D eigenvalue weighted by Crippen LogP contribution is 2.26. The highest BCUT2D eigenvalue weighted by atomic mass is 32.1. The molecular formula is C16H12FNOS. The van der Waals surface area contributed by atoms with Crippen molar-refractivity contribution in [1.82, 2.24) is 0 Å². The summed E-state index contributed by atoms with van der Waals surface area (Å²) in [5.41, 5.74) is 1.12. The molecule has 0 aliphatic rings. The first-order valence-corrected chi connectivity index (χ1v) is 7.01. The van der Waals surface area contributed by atoms with Crippen molar-refractivity contribution in [2.45, 2.75) is 6.92 Å². The van der Waals surface area contributed by atoms with Crippen LogP contribution in [-0.4, -0.2) is 5.91 Å². The summed E-state index contributed by atoms with van der Waals surface area (Å²) in [6, 6.07) is 14.3. The maximum absolute atomic E-state index is 13.6. The van der Waals surface area contributed by atoms with Crippen LogP contribution in [0.25, 0.3) is 10.1 Å². The lowest BCUT2D eigenvalue weighted by molar-refractivity contribution is 0.103. The number of benzene rings is 2. The fraction of sp³-hybridized carbons (Fsp3) is 0.0625. The fourth-order valence-corrected chi connectivity index (χ4v) is 2.97. The van der Waals surface area contributed by atoms with Gasteiger partial charge in [0.05, 0.1) is 10.6 Å². The number of halogens is 1. The predicted molar refractivity (Wildman–Crippen MR) is 80.9 cm³/mol. The van der Waals surface area contributed by atoms with E-state index in [1.54, 1.807) is 12.1 Å². The first kappa shape index (κ1) is 12.8.